The third kappa shape index (κ3) is 5.72. The average molecular weight is 458 g/mol. The summed E-state index contributed by atoms with van der Waals surface area (Å²) in [7, 11) is -3.18. The summed E-state index contributed by atoms with van der Waals surface area (Å²) in [6.07, 6.45) is -0.653. The summed E-state index contributed by atoms with van der Waals surface area (Å²) in [4.78, 5) is 29.8. The summed E-state index contributed by atoms with van der Waals surface area (Å²) in [6.45, 7) is 5.28. The molecule has 1 N–H and O–H groups in total. The number of nitrogens with zero attached hydrogens (tertiary/aromatic N) is 2. The standard InChI is InChI=1S/C19H24FN3O5S2/c1-19(2,3)28-18(25)21-9-8-16(24)22-17-23(13-6-4-12(20)5-7-13)14-10-30(26,27)11-15(14)29-17/h4-7,14-15H,8-11H2,1-3H3,(H,21,25)/t14-,15+/m1/s1. The Morgan fingerprint density at radius 3 is 2.57 bits per heavy atom. The molecule has 2 aliphatic heterocycles. The molecule has 164 valence electrons. The van der Waals surface area contributed by atoms with Gasteiger partial charge in [-0.1, -0.05) is 11.8 Å². The zero-order valence-electron chi connectivity index (χ0n) is 16.9. The molecule has 3 rings (SSSR count). The van der Waals surface area contributed by atoms with E-state index in [0.29, 0.717) is 10.9 Å². The van der Waals surface area contributed by atoms with E-state index < -0.39 is 33.3 Å². The molecule has 0 aromatic heterocycles. The number of ether oxygens (including phenoxy) is 1. The lowest BCUT2D eigenvalue weighted by Gasteiger charge is -2.24. The monoisotopic (exact) mass is 457 g/mol. The van der Waals surface area contributed by atoms with E-state index in [9.17, 15) is 22.4 Å². The summed E-state index contributed by atoms with van der Waals surface area (Å²) in [5.41, 5.74) is -0.0605. The van der Waals surface area contributed by atoms with Crippen molar-refractivity contribution in [1.82, 2.24) is 5.32 Å². The van der Waals surface area contributed by atoms with Crippen molar-refractivity contribution in [3.05, 3.63) is 30.1 Å². The second kappa shape index (κ2) is 8.54. The van der Waals surface area contributed by atoms with Gasteiger partial charge in [-0.25, -0.2) is 17.6 Å². The van der Waals surface area contributed by atoms with Crippen molar-refractivity contribution in [2.24, 2.45) is 4.99 Å². The van der Waals surface area contributed by atoms with Crippen LogP contribution in [0.1, 0.15) is 27.2 Å². The zero-order chi connectivity index (χ0) is 22.1. The highest BCUT2D eigenvalue weighted by Gasteiger charge is 2.49. The van der Waals surface area contributed by atoms with Gasteiger partial charge in [-0.3, -0.25) is 4.79 Å². The van der Waals surface area contributed by atoms with Crippen LogP contribution in [0.2, 0.25) is 0 Å². The lowest BCUT2D eigenvalue weighted by Crippen LogP contribution is -2.37. The molecule has 0 unspecified atom stereocenters. The Kier molecular flexibility index (Phi) is 6.42. The summed E-state index contributed by atoms with van der Waals surface area (Å²) in [5.74, 6) is -0.907. The number of amides is 2. The molecule has 2 amide bonds. The van der Waals surface area contributed by atoms with E-state index in [1.54, 1.807) is 25.7 Å². The minimum absolute atomic E-state index is 0.00738. The fraction of sp³-hybridized carbons (Fsp3) is 0.526. The smallest absolute Gasteiger partial charge is 0.407 e. The summed E-state index contributed by atoms with van der Waals surface area (Å²) in [5, 5.41) is 2.64. The Labute approximate surface area is 179 Å². The van der Waals surface area contributed by atoms with Gasteiger partial charge in [0.25, 0.3) is 0 Å². The van der Waals surface area contributed by atoms with Crippen molar-refractivity contribution >= 4 is 44.5 Å². The molecule has 2 saturated heterocycles. The van der Waals surface area contributed by atoms with E-state index in [-0.39, 0.29) is 35.8 Å². The molecule has 0 spiro atoms. The zero-order valence-corrected chi connectivity index (χ0v) is 18.6. The third-order valence-electron chi connectivity index (χ3n) is 4.40. The van der Waals surface area contributed by atoms with Crippen LogP contribution in [-0.2, 0) is 19.4 Å². The van der Waals surface area contributed by atoms with E-state index in [1.807, 2.05) is 0 Å². The van der Waals surface area contributed by atoms with E-state index in [2.05, 4.69) is 10.3 Å². The Hall–Kier alpha value is -2.14. The molecule has 2 heterocycles. The van der Waals surface area contributed by atoms with Crippen LogP contribution in [0.3, 0.4) is 0 Å². The largest absolute Gasteiger partial charge is 0.444 e. The highest BCUT2D eigenvalue weighted by Crippen LogP contribution is 2.40. The Morgan fingerprint density at radius 1 is 1.27 bits per heavy atom. The lowest BCUT2D eigenvalue weighted by molar-refractivity contribution is -0.117. The van der Waals surface area contributed by atoms with Gasteiger partial charge in [-0.15, -0.1) is 0 Å². The van der Waals surface area contributed by atoms with Gasteiger partial charge in [0.2, 0.25) is 5.91 Å². The summed E-state index contributed by atoms with van der Waals surface area (Å²) < 4.78 is 42.5. The van der Waals surface area contributed by atoms with Gasteiger partial charge in [-0.2, -0.15) is 4.99 Å². The Bertz CT molecular complexity index is 957. The van der Waals surface area contributed by atoms with Crippen LogP contribution in [0.4, 0.5) is 14.9 Å². The molecule has 1 aromatic carbocycles. The van der Waals surface area contributed by atoms with Crippen molar-refractivity contribution in [3.63, 3.8) is 0 Å². The van der Waals surface area contributed by atoms with Crippen LogP contribution in [0.15, 0.2) is 29.3 Å². The molecule has 1 aromatic rings. The summed E-state index contributed by atoms with van der Waals surface area (Å²) in [6, 6.07) is 5.26. The quantitative estimate of drug-likeness (QED) is 0.740. The molecule has 2 fully saturated rings. The number of hydrogen-bond acceptors (Lipinski definition) is 6. The highest BCUT2D eigenvalue weighted by molar-refractivity contribution is 8.16. The molecule has 30 heavy (non-hydrogen) atoms. The van der Waals surface area contributed by atoms with Gasteiger partial charge >= 0.3 is 6.09 Å². The fourth-order valence-corrected chi connectivity index (χ4v) is 7.15. The number of fused-ring (bicyclic) bond motifs is 1. The van der Waals surface area contributed by atoms with Crippen molar-refractivity contribution in [2.75, 3.05) is 23.0 Å². The van der Waals surface area contributed by atoms with E-state index in [0.717, 1.165) is 0 Å². The molecule has 0 bridgehead atoms. The predicted molar refractivity (Wildman–Crippen MR) is 114 cm³/mol. The van der Waals surface area contributed by atoms with Crippen LogP contribution in [0.5, 0.6) is 0 Å². The minimum atomic E-state index is -3.18. The molecule has 8 nitrogen and oxygen atoms in total. The predicted octanol–water partition coefficient (Wildman–Crippen LogP) is 2.34. The van der Waals surface area contributed by atoms with Gasteiger partial charge in [-0.05, 0) is 45.0 Å². The van der Waals surface area contributed by atoms with Crippen molar-refractivity contribution in [1.29, 1.82) is 0 Å². The number of nitrogens with one attached hydrogen (secondary N) is 1. The number of hydrogen-bond donors (Lipinski definition) is 1. The van der Waals surface area contributed by atoms with Gasteiger partial charge in [0.15, 0.2) is 15.0 Å². The number of carbonyl (C=O) groups is 2. The minimum Gasteiger partial charge on any atom is -0.444 e. The van der Waals surface area contributed by atoms with Gasteiger partial charge in [0.1, 0.15) is 11.4 Å². The topological polar surface area (TPSA) is 105 Å². The number of carbonyl (C=O) groups excluding carboxylic acids is 2. The van der Waals surface area contributed by atoms with Crippen molar-refractivity contribution < 1.29 is 27.1 Å². The molecule has 0 saturated carbocycles. The molecule has 2 atom stereocenters. The first kappa shape index (κ1) is 22.5. The number of sulfone groups is 1. The van der Waals surface area contributed by atoms with E-state index >= 15 is 0 Å². The van der Waals surface area contributed by atoms with Crippen LogP contribution < -0.4 is 10.2 Å². The second-order valence-corrected chi connectivity index (χ2v) is 11.5. The number of alkyl carbamates (subject to hydrolysis) is 1. The Balaban J connectivity index is 1.70. The second-order valence-electron chi connectivity index (χ2n) is 8.11. The first-order valence-electron chi connectivity index (χ1n) is 9.44. The van der Waals surface area contributed by atoms with Crippen molar-refractivity contribution in [2.45, 2.75) is 44.1 Å². The number of anilines is 1. The van der Waals surface area contributed by atoms with Gasteiger partial charge < -0.3 is 15.0 Å². The maximum absolute atomic E-state index is 13.3. The number of aliphatic imine (C=N–C) groups is 1. The number of amidine groups is 1. The van der Waals surface area contributed by atoms with Gasteiger partial charge in [0.05, 0.1) is 17.5 Å². The van der Waals surface area contributed by atoms with E-state index in [4.69, 9.17) is 4.74 Å². The van der Waals surface area contributed by atoms with E-state index in [1.165, 1.54) is 36.0 Å². The highest BCUT2D eigenvalue weighted by atomic mass is 32.2. The number of rotatable bonds is 4. The normalized spacial score (nSPS) is 24.0. The maximum atomic E-state index is 13.3. The average Bonchev–Trinajstić information content (AvgIpc) is 3.05. The van der Waals surface area contributed by atoms with Crippen molar-refractivity contribution in [3.8, 4) is 0 Å². The summed E-state index contributed by atoms with van der Waals surface area (Å²) >= 11 is 1.24. The van der Waals surface area contributed by atoms with Crippen LogP contribution >= 0.6 is 11.8 Å². The maximum Gasteiger partial charge on any atom is 0.407 e. The molecule has 2 aliphatic rings. The lowest BCUT2D eigenvalue weighted by atomic mass is 10.2. The van der Waals surface area contributed by atoms with Crippen LogP contribution in [-0.4, -0.2) is 60.5 Å². The molecular formula is C19H24FN3O5S2. The first-order valence-corrected chi connectivity index (χ1v) is 12.1. The molecule has 11 heteroatoms. The van der Waals surface area contributed by atoms with Crippen LogP contribution in [0.25, 0.3) is 0 Å². The molecule has 0 aliphatic carbocycles. The molecule has 0 radical (unpaired) electrons. The molecular weight excluding hydrogens is 433 g/mol. The number of benzene rings is 1. The third-order valence-corrected chi connectivity index (χ3v) is 7.61. The van der Waals surface area contributed by atoms with Crippen LogP contribution in [0, 0.1) is 5.82 Å². The first-order chi connectivity index (χ1) is 13.9. The van der Waals surface area contributed by atoms with Gasteiger partial charge in [0, 0.05) is 23.9 Å². The number of halogens is 1. The SMILES string of the molecule is CC(C)(C)OC(=O)NCCC(=O)N=C1S[C@H]2CS(=O)(=O)C[C@H]2N1c1ccc(F)cc1. The fourth-order valence-electron chi connectivity index (χ4n) is 3.22. The number of thioether (sulfide) groups is 1. The Morgan fingerprint density at radius 2 is 1.93 bits per heavy atom.